The molecule has 1 aliphatic carbocycles. The predicted molar refractivity (Wildman–Crippen MR) is 468 cm³/mol. The number of fused-ring (bicyclic) bond motifs is 17. The lowest BCUT2D eigenvalue weighted by molar-refractivity contribution is 0.485. The SMILES string of the molecule is c1ccc(-c2ccccc2N(c2ccccc2)c2cc3c4c(c2)N(c2ccccc2-c2ccccc2)c2ccccc2B4c2cc4c(cc2O3)Sc2cc3c(cc2C42c4ccccc4-c4ccccc42)B2c4ccccc4N(c4ccccc4)c4cc(N(c5ccccc5)c5ccccc5)cc(c42)N3c2ccccc2)cc1. The minimum Gasteiger partial charge on any atom is -0.458 e. The summed E-state index contributed by atoms with van der Waals surface area (Å²) in [5.41, 5.74) is 34.7. The second-order valence-electron chi connectivity index (χ2n) is 29.7. The molecular weight excluding hydrogens is 1380 g/mol. The molecule has 23 rings (SSSR count). The molecule has 0 N–H and O–H groups in total. The van der Waals surface area contributed by atoms with Crippen LogP contribution < -0.4 is 62.0 Å². The number of hydrogen-bond acceptors (Lipinski definition) is 7. The fourth-order valence-corrected chi connectivity index (χ4v) is 20.6. The van der Waals surface area contributed by atoms with E-state index in [1.54, 1.807) is 0 Å². The molecule has 6 aliphatic rings. The Morgan fingerprint density at radius 3 is 1.22 bits per heavy atom. The van der Waals surface area contributed by atoms with Crippen LogP contribution in [0, 0.1) is 0 Å². The van der Waals surface area contributed by atoms with E-state index in [-0.39, 0.29) is 13.4 Å². The van der Waals surface area contributed by atoms with Gasteiger partial charge in [0, 0.05) is 89.5 Å². The largest absolute Gasteiger partial charge is 0.458 e. The highest BCUT2D eigenvalue weighted by molar-refractivity contribution is 7.99. The van der Waals surface area contributed by atoms with Gasteiger partial charge < -0.3 is 29.2 Å². The molecule has 5 aliphatic heterocycles. The van der Waals surface area contributed by atoms with Crippen LogP contribution in [0.1, 0.15) is 22.3 Å². The van der Waals surface area contributed by atoms with Gasteiger partial charge in [0.2, 0.25) is 0 Å². The Morgan fingerprint density at radius 1 is 0.250 bits per heavy atom. The van der Waals surface area contributed by atoms with E-state index in [1.807, 2.05) is 11.8 Å². The van der Waals surface area contributed by atoms with E-state index in [1.165, 1.54) is 60.1 Å². The lowest BCUT2D eigenvalue weighted by atomic mass is 9.33. The van der Waals surface area contributed by atoms with Crippen molar-refractivity contribution >= 4 is 143 Å². The molecule has 17 aromatic carbocycles. The first-order valence-corrected chi connectivity index (χ1v) is 39.4. The zero-order chi connectivity index (χ0) is 73.5. The summed E-state index contributed by atoms with van der Waals surface area (Å²) >= 11 is 1.88. The maximum atomic E-state index is 8.00. The average Bonchev–Trinajstić information content (AvgIpc) is 1.48. The number of anilines is 15. The molecule has 0 saturated carbocycles. The van der Waals surface area contributed by atoms with Crippen molar-refractivity contribution in [1.82, 2.24) is 0 Å². The highest BCUT2D eigenvalue weighted by Crippen LogP contribution is 2.64. The molecule has 0 fully saturated rings. The molecule has 1 spiro atoms. The van der Waals surface area contributed by atoms with Gasteiger partial charge in [-0.05, 0) is 193 Å². The Morgan fingerprint density at radius 2 is 0.652 bits per heavy atom. The summed E-state index contributed by atoms with van der Waals surface area (Å²) in [6, 6.07) is 151. The smallest absolute Gasteiger partial charge is 0.256 e. The lowest BCUT2D eigenvalue weighted by Gasteiger charge is -2.47. The van der Waals surface area contributed by atoms with E-state index in [9.17, 15) is 0 Å². The third-order valence-corrected chi connectivity index (χ3v) is 25.0. The predicted octanol–water partition coefficient (Wildman–Crippen LogP) is 23.3. The van der Waals surface area contributed by atoms with Crippen molar-refractivity contribution in [3.05, 3.63) is 429 Å². The molecule has 0 radical (unpaired) electrons. The molecule has 0 amide bonds. The molecule has 0 atom stereocenters. The maximum absolute atomic E-state index is 8.00. The van der Waals surface area contributed by atoms with Gasteiger partial charge in [-0.3, -0.25) is 0 Å². The van der Waals surface area contributed by atoms with Gasteiger partial charge in [-0.2, -0.15) is 0 Å². The standard InChI is InChI=1S/C103H67B2N5OS/c1-8-34-68(35-9-1)77-48-24-30-56-89(77)107(72-42-16-5-17-43-72)76-62-96-102-98(63-76)111-97-67-100-84(65-88(97)105(102)86-55-29-33-59-92(86)110(96)90-57-31-25-49-78(90)69-36-10-2-11-37-69)103(81-52-26-22-50-79(81)80-51-23-27-53-82(80)103)83-64-87-93(66-99(83)112-100)109(74-46-20-7-21-47-74)95-61-75(106(70-38-12-3-13-39-70)71-40-14-4-15-41-71)60-94-101(95)104(87)85-54-28-32-58-91(85)108(94)73-44-18-6-19-45-73/h1-67H. The summed E-state index contributed by atoms with van der Waals surface area (Å²) in [6.07, 6.45) is 0. The third kappa shape index (κ3) is 9.63. The van der Waals surface area contributed by atoms with Gasteiger partial charge in [0.25, 0.3) is 13.4 Å². The molecule has 17 aromatic rings. The number of rotatable bonds is 11. The summed E-state index contributed by atoms with van der Waals surface area (Å²) < 4.78 is 8.00. The summed E-state index contributed by atoms with van der Waals surface area (Å²) in [7, 11) is 0. The average molecular weight is 1440 g/mol. The van der Waals surface area contributed by atoms with Crippen molar-refractivity contribution < 1.29 is 4.74 Å². The van der Waals surface area contributed by atoms with Gasteiger partial charge in [0.05, 0.1) is 28.2 Å². The summed E-state index contributed by atoms with van der Waals surface area (Å²) in [5, 5.41) is 0. The van der Waals surface area contributed by atoms with Crippen LogP contribution in [0.25, 0.3) is 33.4 Å². The van der Waals surface area contributed by atoms with E-state index < -0.39 is 5.41 Å². The first-order chi connectivity index (χ1) is 55.6. The Hall–Kier alpha value is -14.0. The summed E-state index contributed by atoms with van der Waals surface area (Å²) in [6.45, 7) is -0.446. The molecule has 6 nitrogen and oxygen atoms in total. The van der Waals surface area contributed by atoms with Crippen molar-refractivity contribution in [2.45, 2.75) is 15.2 Å². The topological polar surface area (TPSA) is 25.4 Å². The summed E-state index contributed by atoms with van der Waals surface area (Å²) in [5.74, 6) is 1.66. The van der Waals surface area contributed by atoms with Crippen molar-refractivity contribution in [3.63, 3.8) is 0 Å². The molecular formula is C103H67B2N5OS. The summed E-state index contributed by atoms with van der Waals surface area (Å²) in [4.78, 5) is 14.8. The van der Waals surface area contributed by atoms with E-state index >= 15 is 0 Å². The Labute approximate surface area is 656 Å². The monoisotopic (exact) mass is 1440 g/mol. The van der Waals surface area contributed by atoms with E-state index in [0.717, 1.165) is 135 Å². The minimum atomic E-state index is -0.808. The maximum Gasteiger partial charge on any atom is 0.256 e. The van der Waals surface area contributed by atoms with Crippen LogP contribution in [-0.4, -0.2) is 13.4 Å². The molecule has 0 saturated heterocycles. The third-order valence-electron chi connectivity index (χ3n) is 23.9. The zero-order valence-electron chi connectivity index (χ0n) is 60.9. The van der Waals surface area contributed by atoms with E-state index in [0.29, 0.717) is 0 Å². The molecule has 522 valence electrons. The highest BCUT2D eigenvalue weighted by atomic mass is 32.2. The van der Waals surface area contributed by atoms with Gasteiger partial charge in [-0.1, -0.05) is 297 Å². The van der Waals surface area contributed by atoms with Crippen molar-refractivity contribution in [2.24, 2.45) is 0 Å². The van der Waals surface area contributed by atoms with Crippen LogP contribution in [0.15, 0.2) is 416 Å². The quantitative estimate of drug-likeness (QED) is 0.119. The number of hydrogen-bond donors (Lipinski definition) is 0. The molecule has 0 bridgehead atoms. The van der Waals surface area contributed by atoms with Crippen molar-refractivity contribution in [3.8, 4) is 44.9 Å². The second-order valence-corrected chi connectivity index (χ2v) is 30.8. The van der Waals surface area contributed by atoms with Crippen LogP contribution in [-0.2, 0) is 5.41 Å². The van der Waals surface area contributed by atoms with Crippen molar-refractivity contribution in [2.75, 3.05) is 24.5 Å². The molecule has 0 unspecified atom stereocenters. The van der Waals surface area contributed by atoms with Crippen molar-refractivity contribution in [1.29, 1.82) is 0 Å². The molecule has 0 aromatic heterocycles. The molecule has 112 heavy (non-hydrogen) atoms. The van der Waals surface area contributed by atoms with Gasteiger partial charge in [0.1, 0.15) is 11.5 Å². The number of nitrogens with zero attached hydrogens (tertiary/aromatic N) is 5. The first kappa shape index (κ1) is 64.1. The van der Waals surface area contributed by atoms with E-state index in [2.05, 4.69) is 431 Å². The minimum absolute atomic E-state index is 0.192. The second kappa shape index (κ2) is 25.6. The van der Waals surface area contributed by atoms with Gasteiger partial charge in [0.15, 0.2) is 0 Å². The van der Waals surface area contributed by atoms with Gasteiger partial charge in [-0.25, -0.2) is 0 Å². The fraction of sp³-hybridized carbons (Fsp3) is 0.00971. The normalized spacial score (nSPS) is 13.6. The molecule has 5 heterocycles. The number of ether oxygens (including phenoxy) is 1. The van der Waals surface area contributed by atoms with E-state index in [4.69, 9.17) is 4.74 Å². The van der Waals surface area contributed by atoms with Gasteiger partial charge in [-0.15, -0.1) is 0 Å². The first-order valence-electron chi connectivity index (χ1n) is 38.6. The van der Waals surface area contributed by atoms with Crippen LogP contribution in [0.4, 0.5) is 85.3 Å². The van der Waals surface area contributed by atoms with Crippen LogP contribution in [0.5, 0.6) is 11.5 Å². The van der Waals surface area contributed by atoms with Gasteiger partial charge >= 0.3 is 0 Å². The Bertz CT molecular complexity index is 6550. The highest BCUT2D eigenvalue weighted by Gasteiger charge is 2.54. The Balaban J connectivity index is 0.789. The Kier molecular flexibility index (Phi) is 14.6. The molecule has 9 heteroatoms. The van der Waals surface area contributed by atoms with Crippen LogP contribution >= 0.6 is 11.8 Å². The fourth-order valence-electron chi connectivity index (χ4n) is 19.4. The van der Waals surface area contributed by atoms with Crippen LogP contribution in [0.3, 0.4) is 0 Å². The lowest BCUT2D eigenvalue weighted by Crippen LogP contribution is -2.61. The number of para-hydroxylation sites is 9. The zero-order valence-corrected chi connectivity index (χ0v) is 61.7. The number of benzene rings is 17. The van der Waals surface area contributed by atoms with Crippen LogP contribution in [0.2, 0.25) is 0 Å².